The molecule has 14 heteroatoms. The average Bonchev–Trinajstić information content (AvgIpc) is 3.31. The van der Waals surface area contributed by atoms with Crippen LogP contribution in [0.5, 0.6) is 0 Å². The second kappa shape index (κ2) is 10.4. The van der Waals surface area contributed by atoms with Gasteiger partial charge in [-0.1, -0.05) is 18.2 Å². The number of nitrogens with zero attached hydrogens (tertiary/aromatic N) is 1. The Bertz CT molecular complexity index is 1310. The Balaban J connectivity index is 1.61. The second-order valence-electron chi connectivity index (χ2n) is 9.74. The van der Waals surface area contributed by atoms with Gasteiger partial charge in [-0.2, -0.15) is 8.78 Å². The summed E-state index contributed by atoms with van der Waals surface area (Å²) in [5.74, 6) is -6.30. The molecule has 0 bridgehead atoms. The Labute approximate surface area is 214 Å². The summed E-state index contributed by atoms with van der Waals surface area (Å²) in [7, 11) is -4.92. The predicted octanol–water partition coefficient (Wildman–Crippen LogP) is 4.65. The molecule has 0 radical (unpaired) electrons. The highest BCUT2D eigenvalue weighted by molar-refractivity contribution is 7.89. The Morgan fingerprint density at radius 2 is 1.74 bits per heavy atom. The van der Waals surface area contributed by atoms with Crippen LogP contribution in [0.4, 0.5) is 35.5 Å². The third-order valence-electron chi connectivity index (χ3n) is 7.00. The molecule has 208 valence electrons. The lowest BCUT2D eigenvalue weighted by molar-refractivity contribution is 0.103. The second-order valence-corrected chi connectivity index (χ2v) is 11.4. The van der Waals surface area contributed by atoms with E-state index < -0.39 is 69.2 Å². The molecule has 0 aromatic heterocycles. The molecule has 1 aliphatic carbocycles. The van der Waals surface area contributed by atoms with Crippen molar-refractivity contribution < 1.29 is 43.9 Å². The SMILES string of the molecule is C[C@@H](NC(=O)N1CC2(CC1Cc1cccc(-c3cc(F)cc(F)c3)c1F)CC2NS(=O)(=O)C(F)F)C(F)F. The van der Waals surface area contributed by atoms with E-state index in [1.165, 1.54) is 23.1 Å². The molecule has 1 saturated heterocycles. The number of carbonyl (C=O) groups is 1. The molecule has 4 atom stereocenters. The van der Waals surface area contributed by atoms with E-state index >= 15 is 4.39 Å². The lowest BCUT2D eigenvalue weighted by Crippen LogP contribution is -2.48. The van der Waals surface area contributed by atoms with E-state index in [0.717, 1.165) is 19.1 Å². The first kappa shape index (κ1) is 28.1. The largest absolute Gasteiger partial charge is 0.350 e. The summed E-state index contributed by atoms with van der Waals surface area (Å²) in [6.45, 7) is 0.952. The molecule has 2 aliphatic rings. The summed E-state index contributed by atoms with van der Waals surface area (Å²) in [5.41, 5.74) is -1.05. The third-order valence-corrected chi connectivity index (χ3v) is 8.08. The molecule has 2 N–H and O–H groups in total. The van der Waals surface area contributed by atoms with Crippen molar-refractivity contribution in [1.29, 1.82) is 0 Å². The van der Waals surface area contributed by atoms with Crippen LogP contribution in [-0.2, 0) is 16.4 Å². The van der Waals surface area contributed by atoms with E-state index in [-0.39, 0.29) is 42.5 Å². The van der Waals surface area contributed by atoms with Crippen LogP contribution in [0.25, 0.3) is 11.1 Å². The van der Waals surface area contributed by atoms with Gasteiger partial charge in [-0.15, -0.1) is 0 Å². The molecule has 2 aromatic carbocycles. The molecular weight excluding hydrogens is 543 g/mol. The number of halogens is 7. The minimum absolute atomic E-state index is 0.0549. The summed E-state index contributed by atoms with van der Waals surface area (Å²) in [4.78, 5) is 14.0. The van der Waals surface area contributed by atoms with Crippen molar-refractivity contribution >= 4 is 16.1 Å². The lowest BCUT2D eigenvalue weighted by atomic mass is 9.94. The van der Waals surface area contributed by atoms with Gasteiger partial charge < -0.3 is 10.2 Å². The fraction of sp³-hybridized carbons (Fsp3) is 0.458. The molecule has 6 nitrogen and oxygen atoms in total. The normalized spacial score (nSPS) is 23.9. The van der Waals surface area contributed by atoms with Crippen molar-refractivity contribution in [3.05, 3.63) is 59.4 Å². The van der Waals surface area contributed by atoms with Crippen LogP contribution < -0.4 is 10.0 Å². The summed E-state index contributed by atoms with van der Waals surface area (Å²) in [6.07, 6.45) is -2.82. The van der Waals surface area contributed by atoms with Gasteiger partial charge >= 0.3 is 11.8 Å². The van der Waals surface area contributed by atoms with Crippen LogP contribution in [0.3, 0.4) is 0 Å². The van der Waals surface area contributed by atoms with Crippen molar-refractivity contribution in [3.63, 3.8) is 0 Å². The maximum atomic E-state index is 15.5. The number of urea groups is 1. The highest BCUT2D eigenvalue weighted by atomic mass is 32.2. The summed E-state index contributed by atoms with van der Waals surface area (Å²) in [5, 5.41) is 2.15. The molecule has 38 heavy (non-hydrogen) atoms. The standard InChI is InChI=1S/C24H24F7N3O3S/c1-12(21(28)29)32-23(35)34-11-24(10-19(24)33-38(36,37)22(30)31)9-17(34)7-13-3-2-4-18(20(13)27)14-5-15(25)8-16(26)6-14/h2-6,8,12,17,19,21-22,33H,7,9-11H2,1H3,(H,32,35)/t12-,17?,19?,24?/m1/s1. The van der Waals surface area contributed by atoms with Crippen LogP contribution >= 0.6 is 0 Å². The first-order valence-electron chi connectivity index (χ1n) is 11.6. The van der Waals surface area contributed by atoms with Gasteiger partial charge in [0.2, 0.25) is 0 Å². The lowest BCUT2D eigenvalue weighted by Gasteiger charge is -2.27. The number of nitrogens with one attached hydrogen (secondary N) is 2. The molecule has 2 fully saturated rings. The van der Waals surface area contributed by atoms with Crippen LogP contribution in [-0.4, -0.2) is 56.2 Å². The monoisotopic (exact) mass is 567 g/mol. The van der Waals surface area contributed by atoms with Crippen molar-refractivity contribution in [2.24, 2.45) is 5.41 Å². The van der Waals surface area contributed by atoms with Gasteiger partial charge in [-0.25, -0.2) is 39.9 Å². The molecule has 1 spiro atoms. The van der Waals surface area contributed by atoms with E-state index in [2.05, 4.69) is 5.32 Å². The first-order chi connectivity index (χ1) is 17.7. The molecule has 1 aliphatic heterocycles. The Morgan fingerprint density at radius 1 is 1.08 bits per heavy atom. The number of sulfonamides is 1. The zero-order valence-electron chi connectivity index (χ0n) is 19.9. The number of hydrogen-bond acceptors (Lipinski definition) is 3. The minimum atomic E-state index is -4.92. The van der Waals surface area contributed by atoms with E-state index in [9.17, 15) is 39.6 Å². The maximum Gasteiger partial charge on any atom is 0.350 e. The number of carbonyl (C=O) groups excluding carboxylic acids is 1. The molecule has 1 heterocycles. The van der Waals surface area contributed by atoms with Gasteiger partial charge in [0.1, 0.15) is 17.5 Å². The van der Waals surface area contributed by atoms with E-state index in [0.29, 0.717) is 6.07 Å². The Hall–Kier alpha value is -2.87. The highest BCUT2D eigenvalue weighted by Crippen LogP contribution is 2.56. The first-order valence-corrected chi connectivity index (χ1v) is 13.2. The van der Waals surface area contributed by atoms with Crippen molar-refractivity contribution in [2.75, 3.05) is 6.54 Å². The molecular formula is C24H24F7N3O3S. The van der Waals surface area contributed by atoms with Gasteiger partial charge in [-0.3, -0.25) is 0 Å². The molecule has 3 unspecified atom stereocenters. The van der Waals surface area contributed by atoms with Gasteiger partial charge in [0.05, 0.1) is 6.04 Å². The summed E-state index contributed by atoms with van der Waals surface area (Å²) < 4.78 is 120. The maximum absolute atomic E-state index is 15.5. The fourth-order valence-corrected chi connectivity index (χ4v) is 5.79. The van der Waals surface area contributed by atoms with Crippen molar-refractivity contribution in [1.82, 2.24) is 14.9 Å². The molecule has 1 saturated carbocycles. The van der Waals surface area contributed by atoms with Crippen LogP contribution in [0.15, 0.2) is 36.4 Å². The molecule has 4 rings (SSSR count). The number of benzene rings is 2. The van der Waals surface area contributed by atoms with Crippen molar-refractivity contribution in [2.45, 2.75) is 56.5 Å². The number of hydrogen-bond donors (Lipinski definition) is 2. The van der Waals surface area contributed by atoms with E-state index in [1.54, 1.807) is 0 Å². The molecule has 2 amide bonds. The number of alkyl halides is 4. The predicted molar refractivity (Wildman–Crippen MR) is 123 cm³/mol. The number of rotatable bonds is 8. The quantitative estimate of drug-likeness (QED) is 0.456. The van der Waals surface area contributed by atoms with Crippen LogP contribution in [0.1, 0.15) is 25.3 Å². The summed E-state index contributed by atoms with van der Waals surface area (Å²) >= 11 is 0. The van der Waals surface area contributed by atoms with Gasteiger partial charge in [0, 0.05) is 35.7 Å². The zero-order chi connectivity index (χ0) is 28.0. The highest BCUT2D eigenvalue weighted by Gasteiger charge is 2.62. The number of amides is 2. The minimum Gasteiger partial charge on any atom is -0.330 e. The smallest absolute Gasteiger partial charge is 0.330 e. The van der Waals surface area contributed by atoms with Crippen molar-refractivity contribution in [3.8, 4) is 11.1 Å². The number of likely N-dealkylation sites (tertiary alicyclic amines) is 1. The Morgan fingerprint density at radius 3 is 2.34 bits per heavy atom. The Kier molecular flexibility index (Phi) is 7.67. The fourth-order valence-electron chi connectivity index (χ4n) is 4.96. The van der Waals surface area contributed by atoms with Gasteiger partial charge in [-0.05, 0) is 49.4 Å². The van der Waals surface area contributed by atoms with Crippen LogP contribution in [0.2, 0.25) is 0 Å². The zero-order valence-corrected chi connectivity index (χ0v) is 20.7. The van der Waals surface area contributed by atoms with Gasteiger partial charge in [0.15, 0.2) is 0 Å². The van der Waals surface area contributed by atoms with E-state index in [4.69, 9.17) is 0 Å². The van der Waals surface area contributed by atoms with Gasteiger partial charge in [0.25, 0.3) is 16.4 Å². The third kappa shape index (κ3) is 5.75. The average molecular weight is 568 g/mol. The summed E-state index contributed by atoms with van der Waals surface area (Å²) in [6, 6.07) is 2.54. The van der Waals surface area contributed by atoms with Crippen LogP contribution in [0, 0.1) is 22.9 Å². The van der Waals surface area contributed by atoms with E-state index in [1.807, 2.05) is 4.72 Å². The topological polar surface area (TPSA) is 78.5 Å². The molecule has 2 aromatic rings.